The minimum atomic E-state index is 0.589. The molecule has 1 rings (SSSR count). The molecule has 1 fully saturated rings. The van der Waals surface area contributed by atoms with Gasteiger partial charge in [0.25, 0.3) is 0 Å². The van der Waals surface area contributed by atoms with E-state index < -0.39 is 0 Å². The Morgan fingerprint density at radius 3 is 2.14 bits per heavy atom. The van der Waals surface area contributed by atoms with E-state index in [0.717, 1.165) is 5.92 Å². The molecule has 0 unspecified atom stereocenters. The molecule has 1 aliphatic carbocycles. The van der Waals surface area contributed by atoms with Crippen molar-refractivity contribution < 1.29 is 0 Å². The zero-order valence-corrected chi connectivity index (χ0v) is 10.4. The zero-order valence-electron chi connectivity index (χ0n) is 10.4. The molecule has 0 amide bonds. The Morgan fingerprint density at radius 2 is 1.79 bits per heavy atom. The monoisotopic (exact) mass is 197 g/mol. The summed E-state index contributed by atoms with van der Waals surface area (Å²) in [5.41, 5.74) is 0.589. The van der Waals surface area contributed by atoms with E-state index in [9.17, 15) is 0 Å². The summed E-state index contributed by atoms with van der Waals surface area (Å²) in [5, 5.41) is 3.62. The summed E-state index contributed by atoms with van der Waals surface area (Å²) in [6.45, 7) is 10.4. The van der Waals surface area contributed by atoms with Gasteiger partial charge < -0.3 is 5.32 Å². The maximum atomic E-state index is 3.62. The summed E-state index contributed by atoms with van der Waals surface area (Å²) in [6.07, 6.45) is 7.10. The summed E-state index contributed by atoms with van der Waals surface area (Å²) in [5.74, 6) is 1.06. The highest BCUT2D eigenvalue weighted by atomic mass is 14.9. The third-order valence-corrected chi connectivity index (χ3v) is 3.80. The van der Waals surface area contributed by atoms with E-state index in [1.54, 1.807) is 0 Å². The Bertz CT molecular complexity index is 155. The number of hydrogen-bond acceptors (Lipinski definition) is 1. The van der Waals surface area contributed by atoms with Crippen LogP contribution in [-0.2, 0) is 0 Å². The molecule has 1 aliphatic rings. The first-order chi connectivity index (χ1) is 6.62. The molecule has 0 bridgehead atoms. The van der Waals surface area contributed by atoms with E-state index >= 15 is 0 Å². The van der Waals surface area contributed by atoms with Crippen molar-refractivity contribution in [2.45, 2.75) is 65.8 Å². The van der Waals surface area contributed by atoms with Crippen LogP contribution in [0.2, 0.25) is 0 Å². The Labute approximate surface area is 89.7 Å². The van der Waals surface area contributed by atoms with Crippen molar-refractivity contribution in [2.75, 3.05) is 6.54 Å². The van der Waals surface area contributed by atoms with Crippen LogP contribution in [0.1, 0.15) is 59.8 Å². The number of hydrogen-bond donors (Lipinski definition) is 1. The van der Waals surface area contributed by atoms with Crippen molar-refractivity contribution in [3.8, 4) is 0 Å². The summed E-state index contributed by atoms with van der Waals surface area (Å²) >= 11 is 0. The highest BCUT2D eigenvalue weighted by Crippen LogP contribution is 2.43. The molecule has 0 aromatic rings. The highest BCUT2D eigenvalue weighted by Gasteiger charge is 2.34. The topological polar surface area (TPSA) is 12.0 Å². The third kappa shape index (κ3) is 3.61. The molecule has 0 aliphatic heterocycles. The van der Waals surface area contributed by atoms with Crippen molar-refractivity contribution in [3.05, 3.63) is 0 Å². The lowest BCUT2D eigenvalue weighted by molar-refractivity contribution is 0.209. The lowest BCUT2D eigenvalue weighted by atomic mass is 9.77. The van der Waals surface area contributed by atoms with E-state index in [-0.39, 0.29) is 0 Å². The van der Waals surface area contributed by atoms with Crippen molar-refractivity contribution >= 4 is 0 Å². The Morgan fingerprint density at radius 1 is 1.21 bits per heavy atom. The van der Waals surface area contributed by atoms with Gasteiger partial charge in [0.1, 0.15) is 0 Å². The normalized spacial score (nSPS) is 17.8. The highest BCUT2D eigenvalue weighted by molar-refractivity contribution is 4.87. The largest absolute Gasteiger partial charge is 0.314 e. The lowest BCUT2D eigenvalue weighted by Gasteiger charge is -2.33. The standard InChI is InChI=1S/C13H27N/c1-5-13(6-2,9-12-7-8-12)10-14-11(3)4/h11-12,14H,5-10H2,1-4H3. The second kappa shape index (κ2) is 5.16. The molecular formula is C13H27N. The van der Waals surface area contributed by atoms with Crippen LogP contribution < -0.4 is 5.32 Å². The Balaban J connectivity index is 2.40. The first-order valence-electron chi connectivity index (χ1n) is 6.35. The van der Waals surface area contributed by atoms with Crippen LogP contribution >= 0.6 is 0 Å². The van der Waals surface area contributed by atoms with E-state index in [1.165, 1.54) is 38.6 Å². The van der Waals surface area contributed by atoms with Gasteiger partial charge in [-0.1, -0.05) is 40.5 Å². The van der Waals surface area contributed by atoms with Gasteiger partial charge in [-0.2, -0.15) is 0 Å². The fourth-order valence-electron chi connectivity index (χ4n) is 2.22. The first kappa shape index (κ1) is 12.0. The van der Waals surface area contributed by atoms with Crippen molar-refractivity contribution in [1.29, 1.82) is 0 Å². The van der Waals surface area contributed by atoms with Crippen molar-refractivity contribution in [2.24, 2.45) is 11.3 Å². The maximum Gasteiger partial charge on any atom is 0.00106 e. The fourth-order valence-corrected chi connectivity index (χ4v) is 2.22. The predicted octanol–water partition coefficient (Wildman–Crippen LogP) is 3.59. The van der Waals surface area contributed by atoms with Gasteiger partial charge in [-0.25, -0.2) is 0 Å². The first-order valence-corrected chi connectivity index (χ1v) is 6.35. The van der Waals surface area contributed by atoms with Crippen LogP contribution in [0.3, 0.4) is 0 Å². The van der Waals surface area contributed by atoms with Crippen LogP contribution in [0.15, 0.2) is 0 Å². The van der Waals surface area contributed by atoms with Crippen LogP contribution in [-0.4, -0.2) is 12.6 Å². The molecule has 0 aromatic carbocycles. The van der Waals surface area contributed by atoms with Crippen LogP contribution in [0, 0.1) is 11.3 Å². The van der Waals surface area contributed by atoms with Crippen molar-refractivity contribution in [1.82, 2.24) is 5.32 Å². The minimum Gasteiger partial charge on any atom is -0.314 e. The third-order valence-electron chi connectivity index (χ3n) is 3.80. The van der Waals surface area contributed by atoms with Gasteiger partial charge in [0.15, 0.2) is 0 Å². The molecule has 0 spiro atoms. The summed E-state index contributed by atoms with van der Waals surface area (Å²) in [4.78, 5) is 0. The van der Waals surface area contributed by atoms with Crippen LogP contribution in [0.5, 0.6) is 0 Å². The molecule has 0 atom stereocenters. The fraction of sp³-hybridized carbons (Fsp3) is 1.00. The molecule has 1 heteroatoms. The average Bonchev–Trinajstić information content (AvgIpc) is 2.96. The van der Waals surface area contributed by atoms with E-state index in [1.807, 2.05) is 0 Å². The molecule has 1 N–H and O–H groups in total. The van der Waals surface area contributed by atoms with Gasteiger partial charge in [-0.05, 0) is 30.6 Å². The molecule has 0 saturated heterocycles. The molecule has 14 heavy (non-hydrogen) atoms. The zero-order chi connectivity index (χ0) is 10.6. The predicted molar refractivity (Wildman–Crippen MR) is 63.5 cm³/mol. The van der Waals surface area contributed by atoms with Crippen LogP contribution in [0.4, 0.5) is 0 Å². The number of rotatable bonds is 7. The molecular weight excluding hydrogens is 170 g/mol. The van der Waals surface area contributed by atoms with Gasteiger partial charge in [-0.15, -0.1) is 0 Å². The van der Waals surface area contributed by atoms with Gasteiger partial charge in [0.05, 0.1) is 0 Å². The smallest absolute Gasteiger partial charge is 0.00106 e. The van der Waals surface area contributed by atoms with E-state index in [0.29, 0.717) is 11.5 Å². The quantitative estimate of drug-likeness (QED) is 0.657. The Kier molecular flexibility index (Phi) is 4.43. The molecule has 0 radical (unpaired) electrons. The Hall–Kier alpha value is -0.0400. The lowest BCUT2D eigenvalue weighted by Crippen LogP contribution is -2.37. The summed E-state index contributed by atoms with van der Waals surface area (Å²) in [6, 6.07) is 0.631. The second-order valence-electron chi connectivity index (χ2n) is 5.39. The van der Waals surface area contributed by atoms with E-state index in [4.69, 9.17) is 0 Å². The van der Waals surface area contributed by atoms with Gasteiger partial charge in [0.2, 0.25) is 0 Å². The maximum absolute atomic E-state index is 3.62. The summed E-state index contributed by atoms with van der Waals surface area (Å²) < 4.78 is 0. The molecule has 0 heterocycles. The van der Waals surface area contributed by atoms with Crippen molar-refractivity contribution in [3.63, 3.8) is 0 Å². The van der Waals surface area contributed by atoms with Gasteiger partial charge in [-0.3, -0.25) is 0 Å². The van der Waals surface area contributed by atoms with E-state index in [2.05, 4.69) is 33.0 Å². The molecule has 1 saturated carbocycles. The molecule has 1 nitrogen and oxygen atoms in total. The van der Waals surface area contributed by atoms with Gasteiger partial charge >= 0.3 is 0 Å². The molecule has 0 aromatic heterocycles. The number of nitrogens with one attached hydrogen (secondary N) is 1. The average molecular weight is 197 g/mol. The van der Waals surface area contributed by atoms with Crippen LogP contribution in [0.25, 0.3) is 0 Å². The van der Waals surface area contributed by atoms with Gasteiger partial charge in [0, 0.05) is 12.6 Å². The molecule has 84 valence electrons. The second-order valence-corrected chi connectivity index (χ2v) is 5.39. The SMILES string of the molecule is CCC(CC)(CNC(C)C)CC1CC1. The summed E-state index contributed by atoms with van der Waals surface area (Å²) in [7, 11) is 0. The minimum absolute atomic E-state index is 0.589.